The van der Waals surface area contributed by atoms with Crippen molar-refractivity contribution in [3.8, 4) is 0 Å². The molecule has 1 aliphatic heterocycles. The lowest BCUT2D eigenvalue weighted by Crippen LogP contribution is -2.51. The van der Waals surface area contributed by atoms with Crippen molar-refractivity contribution in [1.29, 1.82) is 0 Å². The number of aromatic nitrogens is 3. The number of amides is 2. The number of urea groups is 1. The Bertz CT molecular complexity index is 766. The molecule has 0 spiro atoms. The molecule has 1 aliphatic rings. The predicted octanol–water partition coefficient (Wildman–Crippen LogP) is 3.08. The first-order chi connectivity index (χ1) is 13.4. The van der Waals surface area contributed by atoms with Crippen molar-refractivity contribution in [3.05, 3.63) is 47.5 Å². The van der Waals surface area contributed by atoms with Crippen molar-refractivity contribution in [2.45, 2.75) is 59.2 Å². The summed E-state index contributed by atoms with van der Waals surface area (Å²) in [4.78, 5) is 30.4. The second-order valence-electron chi connectivity index (χ2n) is 7.76. The smallest absolute Gasteiger partial charge is 0.318 e. The summed E-state index contributed by atoms with van der Waals surface area (Å²) in [5.74, 6) is 0.793. The van der Waals surface area contributed by atoms with E-state index in [0.717, 1.165) is 48.8 Å². The molecule has 1 saturated heterocycles. The van der Waals surface area contributed by atoms with Gasteiger partial charge < -0.3 is 15.1 Å². The van der Waals surface area contributed by atoms with Crippen LogP contribution in [0.4, 0.5) is 10.7 Å². The molecule has 7 heteroatoms. The quantitative estimate of drug-likeness (QED) is 0.860. The van der Waals surface area contributed by atoms with E-state index in [1.807, 2.05) is 57.0 Å². The van der Waals surface area contributed by atoms with Gasteiger partial charge in [0, 0.05) is 55.5 Å². The summed E-state index contributed by atoms with van der Waals surface area (Å²) >= 11 is 0. The molecule has 7 nitrogen and oxygen atoms in total. The van der Waals surface area contributed by atoms with Crippen LogP contribution in [0.15, 0.2) is 30.6 Å². The molecule has 0 atom stereocenters. The number of anilines is 1. The SMILES string of the molecule is Cc1cc(C)nc(N2CCC(N(Cc3cccnc3)C(=O)NC(C)C)CC2)n1. The Morgan fingerprint density at radius 3 is 2.50 bits per heavy atom. The van der Waals surface area contributed by atoms with Gasteiger partial charge >= 0.3 is 6.03 Å². The maximum atomic E-state index is 12.9. The van der Waals surface area contributed by atoms with E-state index < -0.39 is 0 Å². The van der Waals surface area contributed by atoms with Gasteiger partial charge in [-0.1, -0.05) is 6.07 Å². The van der Waals surface area contributed by atoms with Crippen molar-refractivity contribution < 1.29 is 4.79 Å². The fourth-order valence-electron chi connectivity index (χ4n) is 3.61. The highest BCUT2D eigenvalue weighted by molar-refractivity contribution is 5.75. The third-order valence-electron chi connectivity index (χ3n) is 4.91. The molecule has 0 aromatic carbocycles. The highest BCUT2D eigenvalue weighted by Gasteiger charge is 2.29. The van der Waals surface area contributed by atoms with E-state index in [0.29, 0.717) is 6.54 Å². The number of rotatable bonds is 5. The topological polar surface area (TPSA) is 74.2 Å². The third-order valence-corrected chi connectivity index (χ3v) is 4.91. The van der Waals surface area contributed by atoms with Crippen LogP contribution in [0.5, 0.6) is 0 Å². The molecule has 150 valence electrons. The average molecular weight is 383 g/mol. The largest absolute Gasteiger partial charge is 0.341 e. The first-order valence-corrected chi connectivity index (χ1v) is 9.95. The first-order valence-electron chi connectivity index (χ1n) is 9.95. The molecule has 2 amide bonds. The summed E-state index contributed by atoms with van der Waals surface area (Å²) < 4.78 is 0. The molecule has 0 bridgehead atoms. The summed E-state index contributed by atoms with van der Waals surface area (Å²) in [6, 6.07) is 6.19. The van der Waals surface area contributed by atoms with Crippen LogP contribution in [0.25, 0.3) is 0 Å². The van der Waals surface area contributed by atoms with Gasteiger partial charge in [-0.25, -0.2) is 14.8 Å². The van der Waals surface area contributed by atoms with Crippen molar-refractivity contribution in [1.82, 2.24) is 25.2 Å². The summed E-state index contributed by atoms with van der Waals surface area (Å²) in [7, 11) is 0. The molecule has 3 heterocycles. The van der Waals surface area contributed by atoms with E-state index in [1.165, 1.54) is 0 Å². The van der Waals surface area contributed by atoms with Gasteiger partial charge in [-0.3, -0.25) is 4.98 Å². The number of nitrogens with one attached hydrogen (secondary N) is 1. The van der Waals surface area contributed by atoms with E-state index >= 15 is 0 Å². The molecule has 1 N–H and O–H groups in total. The average Bonchev–Trinajstić information content (AvgIpc) is 2.66. The normalized spacial score (nSPS) is 15.0. The van der Waals surface area contributed by atoms with Crippen LogP contribution in [0.3, 0.4) is 0 Å². The molecular formula is C21H30N6O. The molecule has 2 aromatic heterocycles. The van der Waals surface area contributed by atoms with Gasteiger partial charge in [0.25, 0.3) is 0 Å². The number of hydrogen-bond acceptors (Lipinski definition) is 5. The van der Waals surface area contributed by atoms with Crippen molar-refractivity contribution in [2.24, 2.45) is 0 Å². The molecule has 3 rings (SSSR count). The van der Waals surface area contributed by atoms with Crippen molar-refractivity contribution >= 4 is 12.0 Å². The number of hydrogen-bond donors (Lipinski definition) is 1. The molecule has 0 unspecified atom stereocenters. The minimum absolute atomic E-state index is 0.0139. The highest BCUT2D eigenvalue weighted by atomic mass is 16.2. The van der Waals surface area contributed by atoms with Gasteiger partial charge in [-0.15, -0.1) is 0 Å². The lowest BCUT2D eigenvalue weighted by atomic mass is 10.0. The minimum Gasteiger partial charge on any atom is -0.341 e. The molecule has 2 aromatic rings. The molecule has 28 heavy (non-hydrogen) atoms. The standard InChI is InChI=1S/C21H30N6O/c1-15(2)23-21(28)27(14-18-6-5-9-22-13-18)19-7-10-26(11-8-19)20-24-16(3)12-17(4)25-20/h5-6,9,12-13,15,19H,7-8,10-11,14H2,1-4H3,(H,23,28). The molecule has 0 saturated carbocycles. The van der Waals surface area contributed by atoms with Gasteiger partial charge in [-0.05, 0) is 58.2 Å². The van der Waals surface area contributed by atoms with Crippen LogP contribution in [0.2, 0.25) is 0 Å². The van der Waals surface area contributed by atoms with Crippen LogP contribution >= 0.6 is 0 Å². The van der Waals surface area contributed by atoms with E-state index in [2.05, 4.69) is 25.2 Å². The second-order valence-corrected chi connectivity index (χ2v) is 7.76. The maximum absolute atomic E-state index is 12.9. The number of carbonyl (C=O) groups excluding carboxylic acids is 1. The van der Waals surface area contributed by atoms with Crippen LogP contribution in [0.1, 0.15) is 43.6 Å². The second kappa shape index (κ2) is 8.99. The van der Waals surface area contributed by atoms with Crippen molar-refractivity contribution in [3.63, 3.8) is 0 Å². The van der Waals surface area contributed by atoms with Crippen LogP contribution < -0.4 is 10.2 Å². The number of carbonyl (C=O) groups is 1. The zero-order chi connectivity index (χ0) is 20.1. The molecular weight excluding hydrogens is 352 g/mol. The Morgan fingerprint density at radius 1 is 1.25 bits per heavy atom. The Morgan fingerprint density at radius 2 is 1.93 bits per heavy atom. The molecule has 1 fully saturated rings. The summed E-state index contributed by atoms with van der Waals surface area (Å²) in [5, 5.41) is 3.05. The Labute approximate surface area is 167 Å². The van der Waals surface area contributed by atoms with Gasteiger partial charge in [-0.2, -0.15) is 0 Å². The summed E-state index contributed by atoms with van der Waals surface area (Å²) in [6.45, 7) is 10.2. The number of aryl methyl sites for hydroxylation is 2. The van der Waals surface area contributed by atoms with Crippen LogP contribution in [-0.2, 0) is 6.54 Å². The molecule has 0 aliphatic carbocycles. The Kier molecular flexibility index (Phi) is 6.44. The van der Waals surface area contributed by atoms with E-state index in [1.54, 1.807) is 6.20 Å². The van der Waals surface area contributed by atoms with E-state index in [-0.39, 0.29) is 18.1 Å². The van der Waals surface area contributed by atoms with E-state index in [4.69, 9.17) is 0 Å². The maximum Gasteiger partial charge on any atom is 0.318 e. The lowest BCUT2D eigenvalue weighted by Gasteiger charge is -2.39. The fourth-order valence-corrected chi connectivity index (χ4v) is 3.61. The van der Waals surface area contributed by atoms with Crippen LogP contribution in [0, 0.1) is 13.8 Å². The zero-order valence-corrected chi connectivity index (χ0v) is 17.2. The van der Waals surface area contributed by atoms with Crippen LogP contribution in [-0.4, -0.2) is 51.1 Å². The third kappa shape index (κ3) is 5.18. The summed E-state index contributed by atoms with van der Waals surface area (Å²) in [5.41, 5.74) is 3.01. The monoisotopic (exact) mass is 382 g/mol. The number of pyridine rings is 1. The van der Waals surface area contributed by atoms with Crippen molar-refractivity contribution in [2.75, 3.05) is 18.0 Å². The number of piperidine rings is 1. The predicted molar refractivity (Wildman–Crippen MR) is 110 cm³/mol. The highest BCUT2D eigenvalue weighted by Crippen LogP contribution is 2.22. The van der Waals surface area contributed by atoms with Gasteiger partial charge in [0.1, 0.15) is 0 Å². The summed E-state index contributed by atoms with van der Waals surface area (Å²) in [6.07, 6.45) is 5.36. The minimum atomic E-state index is -0.0139. The first kappa shape index (κ1) is 20.0. The zero-order valence-electron chi connectivity index (χ0n) is 17.2. The van der Waals surface area contributed by atoms with Gasteiger partial charge in [0.2, 0.25) is 5.95 Å². The number of nitrogens with zero attached hydrogens (tertiary/aromatic N) is 5. The van der Waals surface area contributed by atoms with Gasteiger partial charge in [0.05, 0.1) is 0 Å². The Balaban J connectivity index is 1.70. The molecule has 0 radical (unpaired) electrons. The van der Waals surface area contributed by atoms with E-state index in [9.17, 15) is 4.79 Å². The lowest BCUT2D eigenvalue weighted by molar-refractivity contribution is 0.155. The fraction of sp³-hybridized carbons (Fsp3) is 0.524. The van der Waals surface area contributed by atoms with Gasteiger partial charge in [0.15, 0.2) is 0 Å². The Hall–Kier alpha value is -2.70.